The summed E-state index contributed by atoms with van der Waals surface area (Å²) in [4.78, 5) is 11.4. The van der Waals surface area contributed by atoms with Gasteiger partial charge >= 0.3 is 0 Å². The zero-order chi connectivity index (χ0) is 12.8. The second-order valence-corrected chi connectivity index (χ2v) is 6.83. The van der Waals surface area contributed by atoms with Gasteiger partial charge < -0.3 is 10.6 Å². The maximum absolute atomic E-state index is 11.4. The third-order valence-electron chi connectivity index (χ3n) is 5.05. The lowest BCUT2D eigenvalue weighted by Crippen LogP contribution is -2.68. The third kappa shape index (κ3) is 2.22. The van der Waals surface area contributed by atoms with Crippen molar-refractivity contribution in [3.63, 3.8) is 0 Å². The largest absolute Gasteiger partial charge is 0.351 e. The van der Waals surface area contributed by atoms with Crippen molar-refractivity contribution in [3.05, 3.63) is 0 Å². The molecule has 1 saturated carbocycles. The van der Waals surface area contributed by atoms with Crippen LogP contribution in [0.5, 0.6) is 0 Å². The third-order valence-corrected chi connectivity index (χ3v) is 5.05. The van der Waals surface area contributed by atoms with Gasteiger partial charge in [0.25, 0.3) is 0 Å². The van der Waals surface area contributed by atoms with Gasteiger partial charge in [-0.25, -0.2) is 0 Å². The van der Waals surface area contributed by atoms with Gasteiger partial charge in [-0.3, -0.25) is 4.79 Å². The van der Waals surface area contributed by atoms with Crippen LogP contribution in [-0.2, 0) is 4.79 Å². The molecule has 1 aliphatic carbocycles. The Kier molecular flexibility index (Phi) is 3.01. The number of hydrogen-bond acceptors (Lipinski definition) is 2. The molecule has 1 aliphatic heterocycles. The summed E-state index contributed by atoms with van der Waals surface area (Å²) in [6.07, 6.45) is 3.55. The summed E-state index contributed by atoms with van der Waals surface area (Å²) in [6, 6.07) is 0.471. The Hall–Kier alpha value is -0.570. The Morgan fingerprint density at radius 1 is 1.35 bits per heavy atom. The second-order valence-electron chi connectivity index (χ2n) is 6.83. The van der Waals surface area contributed by atoms with E-state index in [1.807, 2.05) is 0 Å². The minimum Gasteiger partial charge on any atom is -0.351 e. The molecule has 2 rings (SSSR count). The van der Waals surface area contributed by atoms with Crippen LogP contribution in [0.1, 0.15) is 53.9 Å². The normalized spacial score (nSPS) is 44.2. The van der Waals surface area contributed by atoms with E-state index in [9.17, 15) is 4.79 Å². The lowest BCUT2D eigenvalue weighted by atomic mass is 9.59. The van der Waals surface area contributed by atoms with E-state index in [1.165, 1.54) is 12.8 Å². The minimum atomic E-state index is -0.0226. The maximum atomic E-state index is 11.4. The molecule has 0 aromatic rings. The van der Waals surface area contributed by atoms with Crippen molar-refractivity contribution in [1.82, 2.24) is 10.6 Å². The van der Waals surface area contributed by atoms with Crippen LogP contribution < -0.4 is 10.6 Å². The van der Waals surface area contributed by atoms with Crippen molar-refractivity contribution in [2.75, 3.05) is 0 Å². The van der Waals surface area contributed by atoms with Crippen molar-refractivity contribution < 1.29 is 4.79 Å². The molecule has 0 radical (unpaired) electrons. The Morgan fingerprint density at radius 2 is 2.00 bits per heavy atom. The van der Waals surface area contributed by atoms with Crippen LogP contribution in [0.25, 0.3) is 0 Å². The standard InChI is InChI=1S/C14H26N2O/c1-9-12-8-11(13(3,4)15-9)6-7-14(12,5)16-10(2)17/h9,11-12,15H,6-8H2,1-5H3,(H,16,17)/t9-,11+,12-,14+/m1/s1. The number of carbonyl (C=O) groups excluding carboxylic acids is 1. The summed E-state index contributed by atoms with van der Waals surface area (Å²) in [7, 11) is 0. The predicted octanol–water partition coefficient (Wildman–Crippen LogP) is 2.07. The first-order chi connectivity index (χ1) is 7.74. The van der Waals surface area contributed by atoms with Crippen LogP contribution in [0, 0.1) is 11.8 Å². The Balaban J connectivity index is 2.20. The lowest BCUT2D eigenvalue weighted by Gasteiger charge is -2.57. The van der Waals surface area contributed by atoms with Crippen LogP contribution in [0.15, 0.2) is 0 Å². The zero-order valence-electron chi connectivity index (χ0n) is 11.8. The first-order valence-electron chi connectivity index (χ1n) is 6.81. The molecule has 2 N–H and O–H groups in total. The maximum Gasteiger partial charge on any atom is 0.217 e. The Morgan fingerprint density at radius 3 is 2.59 bits per heavy atom. The van der Waals surface area contributed by atoms with Crippen LogP contribution in [0.3, 0.4) is 0 Å². The molecule has 98 valence electrons. The SMILES string of the molecule is CC(=O)N[C@@]1(C)CC[C@H]2C[C@@H]1[C@@H](C)NC2(C)C. The summed E-state index contributed by atoms with van der Waals surface area (Å²) in [6.45, 7) is 10.7. The molecule has 17 heavy (non-hydrogen) atoms. The smallest absolute Gasteiger partial charge is 0.217 e. The molecule has 3 nitrogen and oxygen atoms in total. The number of carbonyl (C=O) groups is 1. The zero-order valence-corrected chi connectivity index (χ0v) is 11.8. The van der Waals surface area contributed by atoms with Crippen molar-refractivity contribution in [3.8, 4) is 0 Å². The molecule has 2 fully saturated rings. The van der Waals surface area contributed by atoms with E-state index >= 15 is 0 Å². The van der Waals surface area contributed by atoms with Gasteiger partial charge in [0, 0.05) is 24.0 Å². The van der Waals surface area contributed by atoms with Crippen molar-refractivity contribution in [2.45, 2.75) is 71.0 Å². The number of rotatable bonds is 1. The lowest BCUT2D eigenvalue weighted by molar-refractivity contribution is -0.123. The van der Waals surface area contributed by atoms with Gasteiger partial charge in [0.05, 0.1) is 0 Å². The number of fused-ring (bicyclic) bond motifs is 2. The summed E-state index contributed by atoms with van der Waals surface area (Å²) in [5.74, 6) is 1.40. The van der Waals surface area contributed by atoms with E-state index in [0.29, 0.717) is 12.0 Å². The van der Waals surface area contributed by atoms with Gasteiger partial charge in [-0.1, -0.05) is 0 Å². The molecule has 2 aliphatic rings. The molecule has 1 saturated heterocycles. The molecule has 0 aromatic heterocycles. The van der Waals surface area contributed by atoms with Crippen LogP contribution in [0.2, 0.25) is 0 Å². The van der Waals surface area contributed by atoms with E-state index in [0.717, 1.165) is 12.3 Å². The molecule has 1 amide bonds. The summed E-state index contributed by atoms with van der Waals surface area (Å²) in [5, 5.41) is 6.93. The fourth-order valence-corrected chi connectivity index (χ4v) is 4.12. The van der Waals surface area contributed by atoms with Gasteiger partial charge in [0.2, 0.25) is 5.91 Å². The van der Waals surface area contributed by atoms with Gasteiger partial charge in [-0.2, -0.15) is 0 Å². The van der Waals surface area contributed by atoms with E-state index in [2.05, 4.69) is 38.3 Å². The van der Waals surface area contributed by atoms with Crippen molar-refractivity contribution in [2.24, 2.45) is 11.8 Å². The highest BCUT2D eigenvalue weighted by molar-refractivity contribution is 5.73. The first-order valence-corrected chi connectivity index (χ1v) is 6.81. The highest BCUT2D eigenvalue weighted by Crippen LogP contribution is 2.46. The topological polar surface area (TPSA) is 41.1 Å². The molecule has 1 heterocycles. The monoisotopic (exact) mass is 238 g/mol. The summed E-state index contributed by atoms with van der Waals surface area (Å²) < 4.78 is 0. The molecule has 0 aromatic carbocycles. The predicted molar refractivity (Wildman–Crippen MR) is 69.7 cm³/mol. The van der Waals surface area contributed by atoms with Crippen molar-refractivity contribution in [1.29, 1.82) is 0 Å². The quantitative estimate of drug-likeness (QED) is 0.734. The van der Waals surface area contributed by atoms with E-state index in [-0.39, 0.29) is 17.0 Å². The van der Waals surface area contributed by atoms with E-state index in [1.54, 1.807) is 6.92 Å². The summed E-state index contributed by atoms with van der Waals surface area (Å²) in [5.41, 5.74) is 0.221. The fraction of sp³-hybridized carbons (Fsp3) is 0.929. The minimum absolute atomic E-state index is 0.0226. The molecule has 3 heteroatoms. The number of nitrogens with one attached hydrogen (secondary N) is 2. The van der Waals surface area contributed by atoms with Gasteiger partial charge in [0.1, 0.15) is 0 Å². The Bertz CT molecular complexity index is 326. The van der Waals surface area contributed by atoms with Gasteiger partial charge in [-0.15, -0.1) is 0 Å². The Labute approximate surface area is 105 Å². The highest BCUT2D eigenvalue weighted by atomic mass is 16.1. The van der Waals surface area contributed by atoms with Crippen molar-refractivity contribution >= 4 is 5.91 Å². The number of amides is 1. The van der Waals surface area contributed by atoms with E-state index in [4.69, 9.17) is 0 Å². The molecule has 0 spiro atoms. The number of hydrogen-bond donors (Lipinski definition) is 2. The van der Waals surface area contributed by atoms with Crippen LogP contribution in [-0.4, -0.2) is 23.0 Å². The molecule has 0 unspecified atom stereocenters. The molecular formula is C14H26N2O. The highest BCUT2D eigenvalue weighted by Gasteiger charge is 2.50. The number of piperidine rings is 1. The molecule has 4 atom stereocenters. The summed E-state index contributed by atoms with van der Waals surface area (Å²) >= 11 is 0. The average Bonchev–Trinajstić information content (AvgIpc) is 2.13. The second kappa shape index (κ2) is 3.98. The van der Waals surface area contributed by atoms with Gasteiger partial charge in [0.15, 0.2) is 0 Å². The first kappa shape index (κ1) is 12.9. The van der Waals surface area contributed by atoms with E-state index < -0.39 is 0 Å². The fourth-order valence-electron chi connectivity index (χ4n) is 4.12. The van der Waals surface area contributed by atoms with Crippen LogP contribution >= 0.6 is 0 Å². The van der Waals surface area contributed by atoms with Crippen LogP contribution in [0.4, 0.5) is 0 Å². The molecular weight excluding hydrogens is 212 g/mol. The average molecular weight is 238 g/mol. The molecule has 2 bridgehead atoms. The van der Waals surface area contributed by atoms with Gasteiger partial charge in [-0.05, 0) is 58.8 Å².